The molecule has 1 saturated heterocycles. The minimum atomic E-state index is 0.771. The second-order valence-electron chi connectivity index (χ2n) is 5.66. The van der Waals surface area contributed by atoms with Crippen LogP contribution in [0.15, 0.2) is 0 Å². The van der Waals surface area contributed by atoms with Gasteiger partial charge in [-0.15, -0.1) is 0 Å². The maximum Gasteiger partial charge on any atom is 0.0105 e. The second-order valence-corrected chi connectivity index (χ2v) is 6.88. The predicted molar refractivity (Wildman–Crippen MR) is 77.7 cm³/mol. The first-order chi connectivity index (χ1) is 8.33. The molecule has 2 nitrogen and oxygen atoms in total. The van der Waals surface area contributed by atoms with Gasteiger partial charge >= 0.3 is 0 Å². The molecule has 17 heavy (non-hydrogen) atoms. The monoisotopic (exact) mass is 256 g/mol. The van der Waals surface area contributed by atoms with E-state index in [9.17, 15) is 0 Å². The highest BCUT2D eigenvalue weighted by atomic mass is 32.2. The zero-order chi connectivity index (χ0) is 12.1. The Labute approximate surface area is 111 Å². The van der Waals surface area contributed by atoms with Gasteiger partial charge in [0.2, 0.25) is 0 Å². The summed E-state index contributed by atoms with van der Waals surface area (Å²) in [6, 6.07) is 0.771. The van der Waals surface area contributed by atoms with Gasteiger partial charge in [0.1, 0.15) is 0 Å². The van der Waals surface area contributed by atoms with Crippen LogP contribution in [0.4, 0.5) is 0 Å². The van der Waals surface area contributed by atoms with Gasteiger partial charge in [-0.05, 0) is 38.1 Å². The average Bonchev–Trinajstić information content (AvgIpc) is 2.40. The van der Waals surface area contributed by atoms with Gasteiger partial charge in [-0.25, -0.2) is 0 Å². The molecule has 1 aliphatic carbocycles. The van der Waals surface area contributed by atoms with E-state index >= 15 is 0 Å². The molecule has 2 aliphatic rings. The minimum absolute atomic E-state index is 0.771. The molecule has 0 spiro atoms. The van der Waals surface area contributed by atoms with Crippen molar-refractivity contribution < 1.29 is 0 Å². The molecule has 0 amide bonds. The van der Waals surface area contributed by atoms with Crippen molar-refractivity contribution in [3.63, 3.8) is 0 Å². The molecule has 0 aromatic rings. The third kappa shape index (κ3) is 3.87. The van der Waals surface area contributed by atoms with E-state index in [2.05, 4.69) is 35.9 Å². The first kappa shape index (κ1) is 13.7. The Hall–Kier alpha value is 0.270. The van der Waals surface area contributed by atoms with E-state index in [1.807, 2.05) is 0 Å². The molecule has 0 radical (unpaired) electrons. The van der Waals surface area contributed by atoms with E-state index in [0.29, 0.717) is 0 Å². The Kier molecular flexibility index (Phi) is 5.64. The number of rotatable bonds is 4. The van der Waals surface area contributed by atoms with Crippen molar-refractivity contribution in [3.05, 3.63) is 0 Å². The molecular formula is C14H28N2S. The van der Waals surface area contributed by atoms with Crippen LogP contribution in [0.2, 0.25) is 0 Å². The largest absolute Gasteiger partial charge is 0.317 e. The molecule has 3 heteroatoms. The topological polar surface area (TPSA) is 15.3 Å². The van der Waals surface area contributed by atoms with Crippen LogP contribution < -0.4 is 5.32 Å². The first-order valence-electron chi connectivity index (χ1n) is 7.30. The zero-order valence-corrected chi connectivity index (χ0v) is 12.3. The number of hydrogen-bond donors (Lipinski definition) is 1. The van der Waals surface area contributed by atoms with Crippen molar-refractivity contribution in [3.8, 4) is 0 Å². The van der Waals surface area contributed by atoms with Crippen LogP contribution in [0.5, 0.6) is 0 Å². The van der Waals surface area contributed by atoms with E-state index in [-0.39, 0.29) is 0 Å². The van der Waals surface area contributed by atoms with E-state index < -0.39 is 0 Å². The highest BCUT2D eigenvalue weighted by molar-refractivity contribution is 7.99. The van der Waals surface area contributed by atoms with Gasteiger partial charge in [0.05, 0.1) is 0 Å². The number of nitrogens with one attached hydrogen (secondary N) is 1. The van der Waals surface area contributed by atoms with Gasteiger partial charge < -0.3 is 10.2 Å². The van der Waals surface area contributed by atoms with Crippen LogP contribution in [0.1, 0.15) is 32.6 Å². The van der Waals surface area contributed by atoms with Gasteiger partial charge in [0, 0.05) is 37.2 Å². The molecule has 2 rings (SSSR count). The molecule has 0 bridgehead atoms. The van der Waals surface area contributed by atoms with Crippen molar-refractivity contribution >= 4 is 11.8 Å². The third-order valence-corrected chi connectivity index (χ3v) is 5.58. The van der Waals surface area contributed by atoms with Crippen molar-refractivity contribution in [2.75, 3.05) is 38.2 Å². The van der Waals surface area contributed by atoms with E-state index in [0.717, 1.165) is 17.9 Å². The summed E-state index contributed by atoms with van der Waals surface area (Å²) >= 11 is 2.11. The molecule has 0 aromatic heterocycles. The van der Waals surface area contributed by atoms with Crippen LogP contribution in [0.3, 0.4) is 0 Å². The van der Waals surface area contributed by atoms with E-state index in [4.69, 9.17) is 0 Å². The van der Waals surface area contributed by atoms with E-state index in [1.54, 1.807) is 0 Å². The SMILES string of the molecule is CCC1CCC(NC)C(CN2CCSCC2)C1. The molecule has 1 aliphatic heterocycles. The fraction of sp³-hybridized carbons (Fsp3) is 1.00. The Balaban J connectivity index is 1.85. The normalized spacial score (nSPS) is 36.0. The Morgan fingerprint density at radius 1 is 1.24 bits per heavy atom. The lowest BCUT2D eigenvalue weighted by Crippen LogP contribution is -2.46. The summed E-state index contributed by atoms with van der Waals surface area (Å²) in [7, 11) is 2.15. The second kappa shape index (κ2) is 7.01. The lowest BCUT2D eigenvalue weighted by molar-refractivity contribution is 0.148. The number of thioether (sulfide) groups is 1. The molecule has 100 valence electrons. The average molecular weight is 256 g/mol. The van der Waals surface area contributed by atoms with Gasteiger partial charge in [-0.1, -0.05) is 13.3 Å². The van der Waals surface area contributed by atoms with Crippen molar-refractivity contribution in [2.45, 2.75) is 38.6 Å². The van der Waals surface area contributed by atoms with Crippen LogP contribution in [0, 0.1) is 11.8 Å². The van der Waals surface area contributed by atoms with E-state index in [1.165, 1.54) is 56.8 Å². The number of nitrogens with zero attached hydrogens (tertiary/aromatic N) is 1. The zero-order valence-electron chi connectivity index (χ0n) is 11.5. The van der Waals surface area contributed by atoms with Crippen LogP contribution >= 0.6 is 11.8 Å². The predicted octanol–water partition coefficient (Wildman–Crippen LogP) is 2.45. The molecule has 0 aromatic carbocycles. The highest BCUT2D eigenvalue weighted by Gasteiger charge is 2.30. The molecule has 1 saturated carbocycles. The summed E-state index contributed by atoms with van der Waals surface area (Å²) < 4.78 is 0. The maximum absolute atomic E-state index is 3.56. The van der Waals surface area contributed by atoms with Gasteiger partial charge in [-0.3, -0.25) is 0 Å². The summed E-state index contributed by atoms with van der Waals surface area (Å²) in [5, 5.41) is 3.56. The minimum Gasteiger partial charge on any atom is -0.317 e. The Bertz CT molecular complexity index is 216. The third-order valence-electron chi connectivity index (χ3n) is 4.64. The summed E-state index contributed by atoms with van der Waals surface area (Å²) in [6.07, 6.45) is 5.66. The lowest BCUT2D eigenvalue weighted by atomic mass is 9.76. The van der Waals surface area contributed by atoms with Gasteiger partial charge in [-0.2, -0.15) is 11.8 Å². The smallest absolute Gasteiger partial charge is 0.0105 e. The summed E-state index contributed by atoms with van der Waals surface area (Å²) in [6.45, 7) is 6.32. The number of hydrogen-bond acceptors (Lipinski definition) is 3. The van der Waals surface area contributed by atoms with Crippen molar-refractivity contribution in [2.24, 2.45) is 11.8 Å². The fourth-order valence-electron chi connectivity index (χ4n) is 3.43. The first-order valence-corrected chi connectivity index (χ1v) is 8.46. The van der Waals surface area contributed by atoms with Crippen molar-refractivity contribution in [1.82, 2.24) is 10.2 Å². The van der Waals surface area contributed by atoms with Crippen LogP contribution in [-0.2, 0) is 0 Å². The Morgan fingerprint density at radius 2 is 2.00 bits per heavy atom. The fourth-order valence-corrected chi connectivity index (χ4v) is 4.41. The summed E-state index contributed by atoms with van der Waals surface area (Å²) in [4.78, 5) is 2.70. The summed E-state index contributed by atoms with van der Waals surface area (Å²) in [5.41, 5.74) is 0. The van der Waals surface area contributed by atoms with Gasteiger partial charge in [0.15, 0.2) is 0 Å². The molecule has 1 heterocycles. The summed E-state index contributed by atoms with van der Waals surface area (Å²) in [5.74, 6) is 4.56. The quantitative estimate of drug-likeness (QED) is 0.832. The molecular weight excluding hydrogens is 228 g/mol. The molecule has 1 N–H and O–H groups in total. The van der Waals surface area contributed by atoms with Crippen LogP contribution in [0.25, 0.3) is 0 Å². The molecule has 2 fully saturated rings. The Morgan fingerprint density at radius 3 is 2.65 bits per heavy atom. The van der Waals surface area contributed by atoms with Crippen molar-refractivity contribution in [1.29, 1.82) is 0 Å². The van der Waals surface area contributed by atoms with Crippen LogP contribution in [-0.4, -0.2) is 49.1 Å². The highest BCUT2D eigenvalue weighted by Crippen LogP contribution is 2.32. The van der Waals surface area contributed by atoms with Gasteiger partial charge in [0.25, 0.3) is 0 Å². The molecule has 3 unspecified atom stereocenters. The standard InChI is InChI=1S/C14H28N2S/c1-3-12-4-5-14(15-2)13(10-12)11-16-6-8-17-9-7-16/h12-15H,3-11H2,1-2H3. The lowest BCUT2D eigenvalue weighted by Gasteiger charge is -2.39. The molecule has 3 atom stereocenters. The maximum atomic E-state index is 3.56.